The number of carbonyl (C=O) groups is 1. The molecule has 150 valence electrons. The second-order valence-electron chi connectivity index (χ2n) is 6.15. The monoisotopic (exact) mass is 414 g/mol. The SMILES string of the molecule is O=C(/C=C/c1ccc(S(=O)(=O)NCc2ccco2)cc1)NCc1ccc(F)cc1. The van der Waals surface area contributed by atoms with E-state index in [0.717, 1.165) is 5.56 Å². The summed E-state index contributed by atoms with van der Waals surface area (Å²) >= 11 is 0. The van der Waals surface area contributed by atoms with Gasteiger partial charge in [-0.25, -0.2) is 17.5 Å². The Morgan fingerprint density at radius 1 is 1.00 bits per heavy atom. The summed E-state index contributed by atoms with van der Waals surface area (Å²) in [6.07, 6.45) is 4.40. The summed E-state index contributed by atoms with van der Waals surface area (Å²) in [6.45, 7) is 0.340. The van der Waals surface area contributed by atoms with E-state index < -0.39 is 10.0 Å². The summed E-state index contributed by atoms with van der Waals surface area (Å²) in [5.41, 5.74) is 1.46. The Bertz CT molecular complexity index is 1070. The van der Waals surface area contributed by atoms with Crippen LogP contribution in [0, 0.1) is 5.82 Å². The molecule has 0 bridgehead atoms. The third-order valence-corrected chi connectivity index (χ3v) is 5.43. The van der Waals surface area contributed by atoms with Gasteiger partial charge in [-0.2, -0.15) is 0 Å². The molecule has 0 atom stereocenters. The fourth-order valence-electron chi connectivity index (χ4n) is 2.44. The van der Waals surface area contributed by atoms with Gasteiger partial charge in [0.1, 0.15) is 11.6 Å². The molecule has 0 aliphatic rings. The molecule has 0 fully saturated rings. The van der Waals surface area contributed by atoms with Crippen LogP contribution in [0.5, 0.6) is 0 Å². The number of furan rings is 1. The molecule has 0 saturated carbocycles. The maximum atomic E-state index is 12.9. The summed E-state index contributed by atoms with van der Waals surface area (Å²) in [5, 5.41) is 2.69. The Balaban J connectivity index is 1.53. The molecule has 3 rings (SSSR count). The van der Waals surface area contributed by atoms with Gasteiger partial charge in [-0.3, -0.25) is 4.79 Å². The molecule has 3 aromatic rings. The standard InChI is InChI=1S/C21H19FN2O4S/c22-18-8-3-17(4-9-18)14-23-21(25)12-7-16-5-10-20(11-6-16)29(26,27)24-15-19-2-1-13-28-19/h1-13,24H,14-15H2,(H,23,25)/b12-7+. The Morgan fingerprint density at radius 3 is 2.38 bits per heavy atom. The van der Waals surface area contributed by atoms with E-state index in [2.05, 4.69) is 10.0 Å². The lowest BCUT2D eigenvalue weighted by molar-refractivity contribution is -0.116. The van der Waals surface area contributed by atoms with Gasteiger partial charge < -0.3 is 9.73 Å². The van der Waals surface area contributed by atoms with E-state index in [1.165, 1.54) is 36.6 Å². The molecule has 0 aliphatic carbocycles. The van der Waals surface area contributed by atoms with Gasteiger partial charge in [0.15, 0.2) is 0 Å². The normalized spacial score (nSPS) is 11.6. The zero-order valence-corrected chi connectivity index (χ0v) is 16.2. The Morgan fingerprint density at radius 2 is 1.72 bits per heavy atom. The smallest absolute Gasteiger partial charge is 0.244 e. The molecule has 0 radical (unpaired) electrons. The van der Waals surface area contributed by atoms with E-state index in [-0.39, 0.29) is 29.7 Å². The first kappa shape index (κ1) is 20.5. The Kier molecular flexibility index (Phi) is 6.58. The molecule has 0 unspecified atom stereocenters. The predicted molar refractivity (Wildman–Crippen MR) is 106 cm³/mol. The average Bonchev–Trinajstić information content (AvgIpc) is 3.24. The van der Waals surface area contributed by atoms with Gasteiger partial charge in [-0.05, 0) is 53.6 Å². The average molecular weight is 414 g/mol. The third kappa shape index (κ3) is 6.13. The van der Waals surface area contributed by atoms with Crippen LogP contribution < -0.4 is 10.0 Å². The summed E-state index contributed by atoms with van der Waals surface area (Å²) in [6, 6.07) is 15.3. The molecular formula is C21H19FN2O4S. The molecule has 1 amide bonds. The fraction of sp³-hybridized carbons (Fsp3) is 0.0952. The van der Waals surface area contributed by atoms with Crippen molar-refractivity contribution in [3.63, 3.8) is 0 Å². The van der Waals surface area contributed by atoms with E-state index in [0.29, 0.717) is 11.3 Å². The number of benzene rings is 2. The highest BCUT2D eigenvalue weighted by Gasteiger charge is 2.13. The van der Waals surface area contributed by atoms with Crippen molar-refractivity contribution in [2.24, 2.45) is 0 Å². The van der Waals surface area contributed by atoms with Gasteiger partial charge in [0.2, 0.25) is 15.9 Å². The molecule has 1 heterocycles. The van der Waals surface area contributed by atoms with Crippen molar-refractivity contribution in [2.75, 3.05) is 0 Å². The number of hydrogen-bond acceptors (Lipinski definition) is 4. The maximum Gasteiger partial charge on any atom is 0.244 e. The Hall–Kier alpha value is -3.23. The van der Waals surface area contributed by atoms with Crippen LogP contribution in [-0.4, -0.2) is 14.3 Å². The largest absolute Gasteiger partial charge is 0.468 e. The number of halogens is 1. The third-order valence-electron chi connectivity index (χ3n) is 4.01. The van der Waals surface area contributed by atoms with Crippen molar-refractivity contribution in [2.45, 2.75) is 18.0 Å². The highest BCUT2D eigenvalue weighted by molar-refractivity contribution is 7.89. The van der Waals surface area contributed by atoms with Crippen LogP contribution in [0.3, 0.4) is 0 Å². The Labute approximate surface area is 168 Å². The van der Waals surface area contributed by atoms with Crippen LogP contribution in [0.4, 0.5) is 4.39 Å². The zero-order valence-electron chi connectivity index (χ0n) is 15.3. The molecule has 8 heteroatoms. The van der Waals surface area contributed by atoms with E-state index in [4.69, 9.17) is 4.42 Å². The van der Waals surface area contributed by atoms with Crippen molar-refractivity contribution in [1.82, 2.24) is 10.0 Å². The molecule has 0 saturated heterocycles. The highest BCUT2D eigenvalue weighted by Crippen LogP contribution is 2.12. The lowest BCUT2D eigenvalue weighted by atomic mass is 10.2. The number of nitrogens with one attached hydrogen (secondary N) is 2. The van der Waals surface area contributed by atoms with Crippen LogP contribution in [0.25, 0.3) is 6.08 Å². The predicted octanol–water partition coefficient (Wildman–Crippen LogP) is 3.23. The van der Waals surface area contributed by atoms with Crippen LogP contribution in [-0.2, 0) is 27.9 Å². The topological polar surface area (TPSA) is 88.4 Å². The zero-order chi connectivity index (χ0) is 20.7. The molecule has 2 N–H and O–H groups in total. The first-order valence-corrected chi connectivity index (χ1v) is 10.2. The van der Waals surface area contributed by atoms with Crippen molar-refractivity contribution >= 4 is 22.0 Å². The van der Waals surface area contributed by atoms with Gasteiger partial charge in [0.05, 0.1) is 17.7 Å². The second-order valence-corrected chi connectivity index (χ2v) is 7.92. The van der Waals surface area contributed by atoms with Crippen molar-refractivity contribution in [3.8, 4) is 0 Å². The maximum absolute atomic E-state index is 12.9. The summed E-state index contributed by atoms with van der Waals surface area (Å²) in [7, 11) is -3.67. The van der Waals surface area contributed by atoms with Gasteiger partial charge in [-0.15, -0.1) is 0 Å². The van der Waals surface area contributed by atoms with E-state index >= 15 is 0 Å². The summed E-state index contributed by atoms with van der Waals surface area (Å²) < 4.78 is 45.0. The van der Waals surface area contributed by atoms with Crippen molar-refractivity contribution in [3.05, 3.63) is 95.7 Å². The number of amides is 1. The van der Waals surface area contributed by atoms with Gasteiger partial charge in [0.25, 0.3) is 0 Å². The molecule has 0 spiro atoms. The van der Waals surface area contributed by atoms with Crippen molar-refractivity contribution in [1.29, 1.82) is 0 Å². The second kappa shape index (κ2) is 9.31. The minimum Gasteiger partial charge on any atom is -0.468 e. The first-order valence-electron chi connectivity index (χ1n) is 8.75. The number of hydrogen-bond donors (Lipinski definition) is 2. The van der Waals surface area contributed by atoms with E-state index in [9.17, 15) is 17.6 Å². The molecule has 1 aromatic heterocycles. The molecule has 0 aliphatic heterocycles. The molecular weight excluding hydrogens is 395 g/mol. The fourth-order valence-corrected chi connectivity index (χ4v) is 3.44. The molecule has 29 heavy (non-hydrogen) atoms. The number of rotatable bonds is 8. The lowest BCUT2D eigenvalue weighted by Crippen LogP contribution is -2.22. The number of sulfonamides is 1. The van der Waals surface area contributed by atoms with E-state index in [1.807, 2.05) is 0 Å². The van der Waals surface area contributed by atoms with Gasteiger partial charge in [0, 0.05) is 12.6 Å². The van der Waals surface area contributed by atoms with E-state index in [1.54, 1.807) is 42.5 Å². The van der Waals surface area contributed by atoms with Crippen molar-refractivity contribution < 1.29 is 22.0 Å². The minimum atomic E-state index is -3.67. The number of carbonyl (C=O) groups excluding carboxylic acids is 1. The van der Waals surface area contributed by atoms with Crippen LogP contribution in [0.2, 0.25) is 0 Å². The molecule has 2 aromatic carbocycles. The summed E-state index contributed by atoms with van der Waals surface area (Å²) in [5.74, 6) is -0.132. The lowest BCUT2D eigenvalue weighted by Gasteiger charge is -2.06. The van der Waals surface area contributed by atoms with Crippen LogP contribution >= 0.6 is 0 Å². The van der Waals surface area contributed by atoms with Gasteiger partial charge >= 0.3 is 0 Å². The minimum absolute atomic E-state index is 0.0607. The summed E-state index contributed by atoms with van der Waals surface area (Å²) in [4.78, 5) is 12.0. The first-order chi connectivity index (χ1) is 13.9. The quantitative estimate of drug-likeness (QED) is 0.554. The molecule has 6 nitrogen and oxygen atoms in total. The van der Waals surface area contributed by atoms with Crippen LogP contribution in [0.1, 0.15) is 16.9 Å². The van der Waals surface area contributed by atoms with Crippen LogP contribution in [0.15, 0.2) is 82.3 Å². The van der Waals surface area contributed by atoms with Gasteiger partial charge in [-0.1, -0.05) is 24.3 Å². The highest BCUT2D eigenvalue weighted by atomic mass is 32.2.